The number of Topliss-reactive ketones (excluding diaryl/α,β-unsaturated/α-hetero) is 1. The third-order valence-electron chi connectivity index (χ3n) is 3.65. The van der Waals surface area contributed by atoms with Crippen molar-refractivity contribution in [3.05, 3.63) is 0 Å². The van der Waals surface area contributed by atoms with E-state index in [0.717, 1.165) is 6.42 Å². The van der Waals surface area contributed by atoms with Gasteiger partial charge in [0.1, 0.15) is 11.4 Å². The van der Waals surface area contributed by atoms with Gasteiger partial charge in [-0.1, -0.05) is 0 Å². The molecule has 2 aliphatic rings. The molecule has 0 saturated carbocycles. The number of carbonyl (C=O) groups is 2. The van der Waals surface area contributed by atoms with Gasteiger partial charge in [0.2, 0.25) is 0 Å². The van der Waals surface area contributed by atoms with Crippen molar-refractivity contribution in [2.45, 2.75) is 39.2 Å². The molecular weight excluding hydrogens is 246 g/mol. The predicted molar refractivity (Wildman–Crippen MR) is 69.8 cm³/mol. The first kappa shape index (κ1) is 14.3. The summed E-state index contributed by atoms with van der Waals surface area (Å²) < 4.78 is 10.7. The molecule has 2 aliphatic heterocycles. The molecular formula is C14H23NO4. The summed E-state index contributed by atoms with van der Waals surface area (Å²) >= 11 is 0. The minimum absolute atomic E-state index is 0.0406. The van der Waals surface area contributed by atoms with Gasteiger partial charge < -0.3 is 14.4 Å². The summed E-state index contributed by atoms with van der Waals surface area (Å²) in [7, 11) is 0. The molecule has 2 heterocycles. The van der Waals surface area contributed by atoms with Gasteiger partial charge in [0.15, 0.2) is 0 Å². The lowest BCUT2D eigenvalue weighted by Gasteiger charge is -2.27. The van der Waals surface area contributed by atoms with Gasteiger partial charge in [-0.3, -0.25) is 4.79 Å². The molecule has 2 saturated heterocycles. The number of nitrogens with zero attached hydrogens (tertiary/aromatic N) is 1. The monoisotopic (exact) mass is 269 g/mol. The van der Waals surface area contributed by atoms with Crippen LogP contribution in [-0.2, 0) is 14.3 Å². The van der Waals surface area contributed by atoms with Gasteiger partial charge in [0.25, 0.3) is 0 Å². The van der Waals surface area contributed by atoms with Crippen molar-refractivity contribution < 1.29 is 19.1 Å². The summed E-state index contributed by atoms with van der Waals surface area (Å²) in [5.74, 6) is 0.462. The fraction of sp³-hybridized carbons (Fsp3) is 0.857. The summed E-state index contributed by atoms with van der Waals surface area (Å²) in [6.07, 6.45) is 1.09. The number of hydrogen-bond donors (Lipinski definition) is 0. The first-order chi connectivity index (χ1) is 8.87. The predicted octanol–water partition coefficient (Wildman–Crippen LogP) is 1.85. The zero-order valence-corrected chi connectivity index (χ0v) is 12.0. The number of hydrogen-bond acceptors (Lipinski definition) is 4. The van der Waals surface area contributed by atoms with E-state index >= 15 is 0 Å². The van der Waals surface area contributed by atoms with E-state index in [0.29, 0.717) is 32.7 Å². The van der Waals surface area contributed by atoms with E-state index in [-0.39, 0.29) is 23.7 Å². The summed E-state index contributed by atoms with van der Waals surface area (Å²) in [6, 6.07) is 0. The fourth-order valence-electron chi connectivity index (χ4n) is 2.67. The van der Waals surface area contributed by atoms with Crippen LogP contribution < -0.4 is 0 Å². The lowest BCUT2D eigenvalue weighted by Crippen LogP contribution is -2.38. The number of ether oxygens (including phenoxy) is 2. The average Bonchev–Trinajstić information content (AvgIpc) is 2.76. The minimum Gasteiger partial charge on any atom is -0.444 e. The molecule has 0 radical (unpaired) electrons. The molecule has 0 N–H and O–H groups in total. The summed E-state index contributed by atoms with van der Waals surface area (Å²) in [6.45, 7) is 7.90. The van der Waals surface area contributed by atoms with Gasteiger partial charge in [-0.15, -0.1) is 0 Å². The number of amides is 1. The van der Waals surface area contributed by atoms with Crippen molar-refractivity contribution in [3.63, 3.8) is 0 Å². The van der Waals surface area contributed by atoms with E-state index in [1.807, 2.05) is 20.8 Å². The van der Waals surface area contributed by atoms with E-state index in [1.54, 1.807) is 4.90 Å². The number of ketones is 1. The van der Waals surface area contributed by atoms with Crippen LogP contribution in [0.1, 0.15) is 33.6 Å². The highest BCUT2D eigenvalue weighted by molar-refractivity contribution is 5.82. The summed E-state index contributed by atoms with van der Waals surface area (Å²) in [5, 5.41) is 0. The molecule has 19 heavy (non-hydrogen) atoms. The first-order valence-electron chi connectivity index (χ1n) is 6.95. The Bertz CT molecular complexity index is 361. The number of carbonyl (C=O) groups excluding carboxylic acids is 2. The lowest BCUT2D eigenvalue weighted by atomic mass is 9.86. The molecule has 2 atom stereocenters. The van der Waals surface area contributed by atoms with Crippen LogP contribution in [0.2, 0.25) is 0 Å². The van der Waals surface area contributed by atoms with Gasteiger partial charge in [-0.05, 0) is 33.1 Å². The van der Waals surface area contributed by atoms with Gasteiger partial charge in [0.05, 0.1) is 13.2 Å². The van der Waals surface area contributed by atoms with Gasteiger partial charge in [-0.25, -0.2) is 4.79 Å². The van der Waals surface area contributed by atoms with Gasteiger partial charge >= 0.3 is 6.09 Å². The highest BCUT2D eigenvalue weighted by atomic mass is 16.6. The minimum atomic E-state index is -0.473. The molecule has 0 aromatic rings. The Morgan fingerprint density at radius 1 is 1.42 bits per heavy atom. The molecule has 2 fully saturated rings. The van der Waals surface area contributed by atoms with E-state index in [1.165, 1.54) is 0 Å². The molecule has 108 valence electrons. The number of likely N-dealkylation sites (tertiary alicyclic amines) is 1. The molecule has 5 nitrogen and oxygen atoms in total. The molecule has 0 aromatic heterocycles. The quantitative estimate of drug-likeness (QED) is 0.729. The molecule has 5 heteroatoms. The Hall–Kier alpha value is -1.10. The Balaban J connectivity index is 1.89. The van der Waals surface area contributed by atoms with Crippen molar-refractivity contribution in [2.75, 3.05) is 26.3 Å². The second-order valence-electron chi connectivity index (χ2n) is 6.37. The van der Waals surface area contributed by atoms with Crippen LogP contribution >= 0.6 is 0 Å². The SMILES string of the molecule is CC(C)(C)OC(=O)N1CCC(C2COCCC2=O)C1. The molecule has 2 rings (SSSR count). The van der Waals surface area contributed by atoms with Gasteiger partial charge in [0, 0.05) is 25.4 Å². The highest BCUT2D eigenvalue weighted by Crippen LogP contribution is 2.29. The number of rotatable bonds is 1. The Labute approximate surface area is 114 Å². The van der Waals surface area contributed by atoms with Crippen LogP contribution in [-0.4, -0.2) is 48.7 Å². The van der Waals surface area contributed by atoms with Crippen LogP contribution in [0.4, 0.5) is 4.79 Å². The second-order valence-corrected chi connectivity index (χ2v) is 6.37. The molecule has 0 aliphatic carbocycles. The van der Waals surface area contributed by atoms with Crippen molar-refractivity contribution in [1.82, 2.24) is 4.90 Å². The zero-order valence-electron chi connectivity index (χ0n) is 12.0. The van der Waals surface area contributed by atoms with Crippen molar-refractivity contribution in [2.24, 2.45) is 11.8 Å². The first-order valence-corrected chi connectivity index (χ1v) is 6.95. The second kappa shape index (κ2) is 5.49. The van der Waals surface area contributed by atoms with Gasteiger partial charge in [-0.2, -0.15) is 0 Å². The van der Waals surface area contributed by atoms with E-state index in [2.05, 4.69) is 0 Å². The van der Waals surface area contributed by atoms with Crippen LogP contribution in [0.15, 0.2) is 0 Å². The van der Waals surface area contributed by atoms with Crippen molar-refractivity contribution >= 4 is 11.9 Å². The van der Waals surface area contributed by atoms with Crippen LogP contribution in [0.25, 0.3) is 0 Å². The molecule has 0 bridgehead atoms. The normalized spacial score (nSPS) is 28.6. The Morgan fingerprint density at radius 2 is 2.16 bits per heavy atom. The topological polar surface area (TPSA) is 55.8 Å². The average molecular weight is 269 g/mol. The van der Waals surface area contributed by atoms with E-state index in [4.69, 9.17) is 9.47 Å². The third-order valence-corrected chi connectivity index (χ3v) is 3.65. The fourth-order valence-corrected chi connectivity index (χ4v) is 2.67. The van der Waals surface area contributed by atoms with Crippen LogP contribution in [0, 0.1) is 11.8 Å². The third kappa shape index (κ3) is 3.69. The zero-order chi connectivity index (χ0) is 14.0. The Morgan fingerprint density at radius 3 is 2.79 bits per heavy atom. The molecule has 2 unspecified atom stereocenters. The van der Waals surface area contributed by atoms with Crippen LogP contribution in [0.5, 0.6) is 0 Å². The molecule has 0 spiro atoms. The standard InChI is InChI=1S/C14H23NO4/c1-14(2,3)19-13(17)15-6-4-10(8-15)11-9-18-7-5-12(11)16/h10-11H,4-9H2,1-3H3. The largest absolute Gasteiger partial charge is 0.444 e. The Kier molecular flexibility index (Phi) is 4.13. The smallest absolute Gasteiger partial charge is 0.410 e. The summed E-state index contributed by atoms with van der Waals surface area (Å²) in [4.78, 5) is 25.5. The maximum Gasteiger partial charge on any atom is 0.410 e. The maximum atomic E-state index is 12.0. The van der Waals surface area contributed by atoms with Crippen molar-refractivity contribution in [3.8, 4) is 0 Å². The lowest BCUT2D eigenvalue weighted by molar-refractivity contribution is -0.132. The van der Waals surface area contributed by atoms with Crippen LogP contribution in [0.3, 0.4) is 0 Å². The maximum absolute atomic E-state index is 12.0. The highest BCUT2D eigenvalue weighted by Gasteiger charge is 2.38. The molecule has 0 aromatic carbocycles. The molecule has 1 amide bonds. The van der Waals surface area contributed by atoms with E-state index < -0.39 is 5.60 Å². The van der Waals surface area contributed by atoms with E-state index in [9.17, 15) is 9.59 Å². The van der Waals surface area contributed by atoms with Crippen molar-refractivity contribution in [1.29, 1.82) is 0 Å². The summed E-state index contributed by atoms with van der Waals surface area (Å²) in [5.41, 5.74) is -0.473.